The first-order valence-corrected chi connectivity index (χ1v) is 7.36. The van der Waals surface area contributed by atoms with Crippen LogP contribution >= 0.6 is 0 Å². The first kappa shape index (κ1) is 14.1. The van der Waals surface area contributed by atoms with Crippen molar-refractivity contribution in [1.29, 1.82) is 0 Å². The summed E-state index contributed by atoms with van der Waals surface area (Å²) in [7, 11) is 0. The number of nitrogens with zero attached hydrogens (tertiary/aromatic N) is 1. The van der Waals surface area contributed by atoms with Crippen LogP contribution in [-0.2, 0) is 4.79 Å². The van der Waals surface area contributed by atoms with Gasteiger partial charge in [-0.15, -0.1) is 0 Å². The summed E-state index contributed by atoms with van der Waals surface area (Å²) in [5.41, 5.74) is 1.15. The van der Waals surface area contributed by atoms with E-state index in [0.29, 0.717) is 23.8 Å². The average Bonchev–Trinajstić information content (AvgIpc) is 2.69. The highest BCUT2D eigenvalue weighted by atomic mass is 16.2. The van der Waals surface area contributed by atoms with E-state index < -0.39 is 0 Å². The second-order valence-corrected chi connectivity index (χ2v) is 6.31. The van der Waals surface area contributed by atoms with Gasteiger partial charge in [0.25, 0.3) is 0 Å². The largest absolute Gasteiger partial charge is 0.339 e. The zero-order valence-electron chi connectivity index (χ0n) is 12.5. The fourth-order valence-corrected chi connectivity index (χ4v) is 3.26. The molecule has 0 bridgehead atoms. The fourth-order valence-electron chi connectivity index (χ4n) is 3.26. The third kappa shape index (κ3) is 2.99. The Morgan fingerprint density at radius 1 is 1.21 bits per heavy atom. The van der Waals surface area contributed by atoms with E-state index in [1.807, 2.05) is 18.2 Å². The van der Waals surface area contributed by atoms with E-state index in [4.69, 9.17) is 0 Å². The van der Waals surface area contributed by atoms with E-state index in [9.17, 15) is 4.79 Å². The van der Waals surface area contributed by atoms with Crippen LogP contribution in [0.3, 0.4) is 0 Å². The van der Waals surface area contributed by atoms with Gasteiger partial charge in [0.15, 0.2) is 0 Å². The average molecular weight is 259 g/mol. The number of carbonyl (C=O) groups excluding carboxylic acids is 1. The van der Waals surface area contributed by atoms with Crippen LogP contribution in [0.1, 0.15) is 45.6 Å². The molecule has 3 atom stereocenters. The highest BCUT2D eigenvalue weighted by Crippen LogP contribution is 2.31. The van der Waals surface area contributed by atoms with Crippen LogP contribution in [0.5, 0.6) is 0 Å². The standard InChI is InChI=1S/C17H25NO/c1-12(2)16(15-8-6-5-7-9-15)17(19)18-11-13(3)10-14(18)4/h5-9,12-14,16H,10-11H2,1-4H3/t13?,14-,16?/m1/s1. The van der Waals surface area contributed by atoms with E-state index in [-0.39, 0.29) is 5.92 Å². The molecule has 0 aromatic heterocycles. The molecule has 0 saturated carbocycles. The van der Waals surface area contributed by atoms with E-state index >= 15 is 0 Å². The predicted molar refractivity (Wildman–Crippen MR) is 79.0 cm³/mol. The molecule has 1 fully saturated rings. The van der Waals surface area contributed by atoms with Gasteiger partial charge < -0.3 is 4.90 Å². The van der Waals surface area contributed by atoms with Crippen LogP contribution in [0.15, 0.2) is 30.3 Å². The van der Waals surface area contributed by atoms with Crippen LogP contribution < -0.4 is 0 Å². The Hall–Kier alpha value is -1.31. The minimum absolute atomic E-state index is 0.00560. The quantitative estimate of drug-likeness (QED) is 0.811. The van der Waals surface area contributed by atoms with Crippen LogP contribution in [0, 0.1) is 11.8 Å². The van der Waals surface area contributed by atoms with Crippen LogP contribution in [0.25, 0.3) is 0 Å². The van der Waals surface area contributed by atoms with Crippen LogP contribution in [0.4, 0.5) is 0 Å². The minimum atomic E-state index is -0.00560. The van der Waals surface area contributed by atoms with E-state index in [2.05, 4.69) is 44.7 Å². The Labute approximate surface area is 116 Å². The second kappa shape index (κ2) is 5.77. The molecular weight excluding hydrogens is 234 g/mol. The molecule has 1 aromatic carbocycles. The molecule has 2 heteroatoms. The van der Waals surface area contributed by atoms with Gasteiger partial charge in [0.2, 0.25) is 5.91 Å². The maximum Gasteiger partial charge on any atom is 0.230 e. The first-order chi connectivity index (χ1) is 9.00. The van der Waals surface area contributed by atoms with Crippen LogP contribution in [0.2, 0.25) is 0 Å². The van der Waals surface area contributed by atoms with Crippen molar-refractivity contribution in [2.45, 2.75) is 46.1 Å². The van der Waals surface area contributed by atoms with Crippen molar-refractivity contribution in [3.63, 3.8) is 0 Å². The van der Waals surface area contributed by atoms with Gasteiger partial charge in [0.05, 0.1) is 5.92 Å². The molecule has 2 rings (SSSR count). The molecule has 0 N–H and O–H groups in total. The predicted octanol–water partition coefficient (Wildman–Crippen LogP) is 3.68. The molecular formula is C17H25NO. The maximum absolute atomic E-state index is 12.9. The topological polar surface area (TPSA) is 20.3 Å². The van der Waals surface area contributed by atoms with Gasteiger partial charge in [0, 0.05) is 12.6 Å². The minimum Gasteiger partial charge on any atom is -0.339 e. The second-order valence-electron chi connectivity index (χ2n) is 6.31. The Bertz CT molecular complexity index is 426. The third-order valence-electron chi connectivity index (χ3n) is 4.16. The number of hydrogen-bond acceptors (Lipinski definition) is 1. The summed E-state index contributed by atoms with van der Waals surface area (Å²) >= 11 is 0. The molecule has 0 spiro atoms. The Balaban J connectivity index is 2.23. The van der Waals surface area contributed by atoms with E-state index in [0.717, 1.165) is 18.5 Å². The lowest BCUT2D eigenvalue weighted by atomic mass is 9.87. The number of likely N-dealkylation sites (tertiary alicyclic amines) is 1. The molecule has 1 heterocycles. The van der Waals surface area contributed by atoms with Crippen molar-refractivity contribution in [2.75, 3.05) is 6.54 Å². The van der Waals surface area contributed by atoms with Crippen molar-refractivity contribution < 1.29 is 4.79 Å². The summed E-state index contributed by atoms with van der Waals surface area (Å²) in [5, 5.41) is 0. The molecule has 19 heavy (non-hydrogen) atoms. The Morgan fingerprint density at radius 3 is 2.32 bits per heavy atom. The molecule has 104 valence electrons. The smallest absolute Gasteiger partial charge is 0.230 e. The van der Waals surface area contributed by atoms with Crippen molar-refractivity contribution in [1.82, 2.24) is 4.90 Å². The molecule has 0 radical (unpaired) electrons. The van der Waals surface area contributed by atoms with Crippen LogP contribution in [-0.4, -0.2) is 23.4 Å². The summed E-state index contributed by atoms with van der Waals surface area (Å²) in [6.45, 7) is 9.59. The molecule has 1 aliphatic rings. The first-order valence-electron chi connectivity index (χ1n) is 7.36. The van der Waals surface area contributed by atoms with Crippen molar-refractivity contribution in [3.05, 3.63) is 35.9 Å². The highest BCUT2D eigenvalue weighted by Gasteiger charge is 2.35. The van der Waals surface area contributed by atoms with Gasteiger partial charge in [-0.05, 0) is 30.7 Å². The monoisotopic (exact) mass is 259 g/mol. The van der Waals surface area contributed by atoms with Gasteiger partial charge >= 0.3 is 0 Å². The van der Waals surface area contributed by atoms with Crippen molar-refractivity contribution >= 4 is 5.91 Å². The van der Waals surface area contributed by atoms with Crippen molar-refractivity contribution in [3.8, 4) is 0 Å². The molecule has 1 aromatic rings. The lowest BCUT2D eigenvalue weighted by molar-refractivity contribution is -0.134. The van der Waals surface area contributed by atoms with Gasteiger partial charge in [-0.2, -0.15) is 0 Å². The van der Waals surface area contributed by atoms with Gasteiger partial charge in [-0.3, -0.25) is 4.79 Å². The lowest BCUT2D eigenvalue weighted by Crippen LogP contribution is -2.39. The summed E-state index contributed by atoms with van der Waals surface area (Å²) in [6.07, 6.45) is 1.13. The molecule has 1 amide bonds. The summed E-state index contributed by atoms with van der Waals surface area (Å²) in [5.74, 6) is 1.26. The molecule has 0 aliphatic carbocycles. The van der Waals surface area contributed by atoms with Gasteiger partial charge in [0.1, 0.15) is 0 Å². The Kier molecular flexibility index (Phi) is 4.28. The normalized spacial score (nSPS) is 24.8. The lowest BCUT2D eigenvalue weighted by Gasteiger charge is -2.29. The maximum atomic E-state index is 12.9. The number of rotatable bonds is 3. The Morgan fingerprint density at radius 2 is 1.84 bits per heavy atom. The SMILES string of the molecule is CC1C[C@@H](C)N(C(=O)C(c2ccccc2)C(C)C)C1. The molecule has 2 unspecified atom stereocenters. The molecule has 2 nitrogen and oxygen atoms in total. The fraction of sp³-hybridized carbons (Fsp3) is 0.588. The zero-order chi connectivity index (χ0) is 14.0. The summed E-state index contributed by atoms with van der Waals surface area (Å²) in [6, 6.07) is 10.6. The number of benzene rings is 1. The number of carbonyl (C=O) groups is 1. The molecule has 1 aliphatic heterocycles. The van der Waals surface area contributed by atoms with Crippen molar-refractivity contribution in [2.24, 2.45) is 11.8 Å². The van der Waals surface area contributed by atoms with Gasteiger partial charge in [-0.1, -0.05) is 51.1 Å². The van der Waals surface area contributed by atoms with Gasteiger partial charge in [-0.25, -0.2) is 0 Å². The highest BCUT2D eigenvalue weighted by molar-refractivity contribution is 5.84. The number of hydrogen-bond donors (Lipinski definition) is 0. The zero-order valence-corrected chi connectivity index (χ0v) is 12.5. The van der Waals surface area contributed by atoms with E-state index in [1.54, 1.807) is 0 Å². The van der Waals surface area contributed by atoms with E-state index in [1.165, 1.54) is 0 Å². The summed E-state index contributed by atoms with van der Waals surface area (Å²) < 4.78 is 0. The molecule has 1 saturated heterocycles. The third-order valence-corrected chi connectivity index (χ3v) is 4.16. The summed E-state index contributed by atoms with van der Waals surface area (Å²) in [4.78, 5) is 15.0. The number of amides is 1.